The molecule has 1 heterocycles. The molecule has 0 aliphatic carbocycles. The first-order valence-corrected chi connectivity index (χ1v) is 5.99. The number of aromatic nitrogens is 1. The highest BCUT2D eigenvalue weighted by Gasteiger charge is 2.12. The third kappa shape index (κ3) is 2.06. The summed E-state index contributed by atoms with van der Waals surface area (Å²) in [6, 6.07) is 14.5. The highest BCUT2D eigenvalue weighted by molar-refractivity contribution is 6.16. The zero-order valence-corrected chi connectivity index (χ0v) is 10.2. The van der Waals surface area contributed by atoms with E-state index in [-0.39, 0.29) is 5.78 Å². The minimum absolute atomic E-state index is 0.0240. The second-order valence-electron chi connectivity index (χ2n) is 4.36. The molecule has 0 saturated heterocycles. The van der Waals surface area contributed by atoms with Gasteiger partial charge in [-0.15, -0.1) is 0 Å². The van der Waals surface area contributed by atoms with Crippen molar-refractivity contribution < 1.29 is 4.79 Å². The number of carbonyl (C=O) groups is 1. The van der Waals surface area contributed by atoms with Gasteiger partial charge < -0.3 is 5.73 Å². The van der Waals surface area contributed by atoms with E-state index in [0.29, 0.717) is 16.8 Å². The Bertz CT molecular complexity index is 760. The first-order chi connectivity index (χ1) is 9.25. The van der Waals surface area contributed by atoms with E-state index in [1.165, 1.54) is 0 Å². The lowest BCUT2D eigenvalue weighted by Crippen LogP contribution is -2.03. The average Bonchev–Trinajstić information content (AvgIpc) is 2.46. The summed E-state index contributed by atoms with van der Waals surface area (Å²) in [5, 5.41) is 1.86. The number of hydrogen-bond donors (Lipinski definition) is 1. The van der Waals surface area contributed by atoms with Gasteiger partial charge in [-0.1, -0.05) is 30.3 Å². The summed E-state index contributed by atoms with van der Waals surface area (Å²) >= 11 is 0. The molecule has 0 fully saturated rings. The predicted octanol–water partition coefficient (Wildman–Crippen LogP) is 3.05. The molecular formula is C16H12N2O. The second kappa shape index (κ2) is 4.53. The molecule has 3 heteroatoms. The SMILES string of the molecule is Nc1cccc(C(=O)c2cccc3cnccc23)c1. The normalized spacial score (nSPS) is 10.5. The Morgan fingerprint density at radius 2 is 1.89 bits per heavy atom. The van der Waals surface area contributed by atoms with Crippen molar-refractivity contribution in [3.05, 3.63) is 72.1 Å². The molecule has 0 radical (unpaired) electrons. The van der Waals surface area contributed by atoms with Crippen LogP contribution in [0.25, 0.3) is 10.8 Å². The number of nitrogens with zero attached hydrogens (tertiary/aromatic N) is 1. The fourth-order valence-corrected chi connectivity index (χ4v) is 2.16. The third-order valence-corrected chi connectivity index (χ3v) is 3.07. The van der Waals surface area contributed by atoms with Crippen LogP contribution in [0.5, 0.6) is 0 Å². The van der Waals surface area contributed by atoms with Gasteiger partial charge in [0.05, 0.1) is 0 Å². The van der Waals surface area contributed by atoms with Crippen LogP contribution in [-0.4, -0.2) is 10.8 Å². The number of ketones is 1. The Hall–Kier alpha value is -2.68. The van der Waals surface area contributed by atoms with E-state index in [2.05, 4.69) is 4.98 Å². The fourth-order valence-electron chi connectivity index (χ4n) is 2.16. The second-order valence-corrected chi connectivity index (χ2v) is 4.36. The number of rotatable bonds is 2. The zero-order valence-electron chi connectivity index (χ0n) is 10.2. The smallest absolute Gasteiger partial charge is 0.193 e. The lowest BCUT2D eigenvalue weighted by Gasteiger charge is -2.06. The summed E-state index contributed by atoms with van der Waals surface area (Å²) < 4.78 is 0. The molecule has 0 amide bonds. The Kier molecular flexibility index (Phi) is 2.72. The van der Waals surface area contributed by atoms with Crippen molar-refractivity contribution in [1.29, 1.82) is 0 Å². The number of pyridine rings is 1. The molecule has 2 N–H and O–H groups in total. The Morgan fingerprint density at radius 3 is 2.74 bits per heavy atom. The summed E-state index contributed by atoms with van der Waals surface area (Å²) in [6.45, 7) is 0. The van der Waals surface area contributed by atoms with Crippen LogP contribution >= 0.6 is 0 Å². The minimum Gasteiger partial charge on any atom is -0.399 e. The first kappa shape index (κ1) is 11.4. The van der Waals surface area contributed by atoms with E-state index < -0.39 is 0 Å². The Balaban J connectivity index is 2.17. The highest BCUT2D eigenvalue weighted by Crippen LogP contribution is 2.21. The molecule has 0 aliphatic heterocycles. The molecule has 1 aromatic heterocycles. The van der Waals surface area contributed by atoms with Gasteiger partial charge in [0.1, 0.15) is 0 Å². The van der Waals surface area contributed by atoms with Crippen molar-refractivity contribution >= 4 is 22.2 Å². The molecular weight excluding hydrogens is 236 g/mol. The van der Waals surface area contributed by atoms with E-state index >= 15 is 0 Å². The van der Waals surface area contributed by atoms with Crippen molar-refractivity contribution in [3.8, 4) is 0 Å². The van der Waals surface area contributed by atoms with E-state index in [1.54, 1.807) is 36.7 Å². The number of benzene rings is 2. The Labute approximate surface area is 110 Å². The molecule has 0 spiro atoms. The summed E-state index contributed by atoms with van der Waals surface area (Å²) in [7, 11) is 0. The van der Waals surface area contributed by atoms with E-state index in [9.17, 15) is 4.79 Å². The fraction of sp³-hybridized carbons (Fsp3) is 0. The first-order valence-electron chi connectivity index (χ1n) is 5.99. The van der Waals surface area contributed by atoms with Crippen molar-refractivity contribution in [3.63, 3.8) is 0 Å². The number of anilines is 1. The van der Waals surface area contributed by atoms with Gasteiger partial charge in [0.15, 0.2) is 5.78 Å². The van der Waals surface area contributed by atoms with E-state index in [0.717, 1.165) is 10.8 Å². The van der Waals surface area contributed by atoms with E-state index in [4.69, 9.17) is 5.73 Å². The van der Waals surface area contributed by atoms with Gasteiger partial charge in [-0.3, -0.25) is 9.78 Å². The quantitative estimate of drug-likeness (QED) is 0.560. The molecule has 3 rings (SSSR count). The van der Waals surface area contributed by atoms with E-state index in [1.807, 2.05) is 24.3 Å². The maximum Gasteiger partial charge on any atom is 0.193 e. The molecule has 0 aliphatic rings. The van der Waals surface area contributed by atoms with Crippen molar-refractivity contribution in [2.45, 2.75) is 0 Å². The molecule has 19 heavy (non-hydrogen) atoms. The van der Waals surface area contributed by atoms with Crippen LogP contribution < -0.4 is 5.73 Å². The summed E-state index contributed by atoms with van der Waals surface area (Å²) in [4.78, 5) is 16.6. The van der Waals surface area contributed by atoms with Gasteiger partial charge >= 0.3 is 0 Å². The van der Waals surface area contributed by atoms with Crippen LogP contribution in [0.3, 0.4) is 0 Å². The minimum atomic E-state index is -0.0240. The van der Waals surface area contributed by atoms with Crippen molar-refractivity contribution in [2.75, 3.05) is 5.73 Å². The molecule has 3 aromatic rings. The van der Waals surface area contributed by atoms with Crippen molar-refractivity contribution in [1.82, 2.24) is 4.98 Å². The Morgan fingerprint density at radius 1 is 1.05 bits per heavy atom. The summed E-state index contributed by atoms with van der Waals surface area (Å²) in [5.74, 6) is -0.0240. The summed E-state index contributed by atoms with van der Waals surface area (Å²) in [6.07, 6.45) is 3.45. The molecule has 92 valence electrons. The van der Waals surface area contributed by atoms with Gasteiger partial charge in [0.2, 0.25) is 0 Å². The largest absolute Gasteiger partial charge is 0.399 e. The van der Waals surface area contributed by atoms with Crippen LogP contribution in [0.15, 0.2) is 60.9 Å². The van der Waals surface area contributed by atoms with Crippen LogP contribution in [0, 0.1) is 0 Å². The lowest BCUT2D eigenvalue weighted by molar-refractivity contribution is 0.104. The number of hydrogen-bond acceptors (Lipinski definition) is 3. The van der Waals surface area contributed by atoms with Gasteiger partial charge in [-0.25, -0.2) is 0 Å². The highest BCUT2D eigenvalue weighted by atomic mass is 16.1. The molecule has 0 bridgehead atoms. The number of nitrogen functional groups attached to an aromatic ring is 1. The number of carbonyl (C=O) groups excluding carboxylic acids is 1. The molecule has 0 atom stereocenters. The monoisotopic (exact) mass is 248 g/mol. The number of fused-ring (bicyclic) bond motifs is 1. The van der Waals surface area contributed by atoms with Gasteiger partial charge in [0.25, 0.3) is 0 Å². The maximum absolute atomic E-state index is 12.5. The average molecular weight is 248 g/mol. The van der Waals surface area contributed by atoms with Gasteiger partial charge in [-0.2, -0.15) is 0 Å². The molecule has 2 aromatic carbocycles. The number of nitrogens with two attached hydrogens (primary N) is 1. The van der Waals surface area contributed by atoms with Gasteiger partial charge in [0, 0.05) is 34.6 Å². The molecule has 3 nitrogen and oxygen atoms in total. The van der Waals surface area contributed by atoms with Crippen LogP contribution in [-0.2, 0) is 0 Å². The third-order valence-electron chi connectivity index (χ3n) is 3.07. The maximum atomic E-state index is 12.5. The summed E-state index contributed by atoms with van der Waals surface area (Å²) in [5.41, 5.74) is 7.59. The van der Waals surface area contributed by atoms with Crippen molar-refractivity contribution in [2.24, 2.45) is 0 Å². The van der Waals surface area contributed by atoms with Crippen LogP contribution in [0.1, 0.15) is 15.9 Å². The lowest BCUT2D eigenvalue weighted by atomic mass is 9.98. The zero-order chi connectivity index (χ0) is 13.2. The predicted molar refractivity (Wildman–Crippen MR) is 76.0 cm³/mol. The van der Waals surface area contributed by atoms with Gasteiger partial charge in [-0.05, 0) is 23.6 Å². The molecule has 0 saturated carbocycles. The van der Waals surface area contributed by atoms with Crippen LogP contribution in [0.2, 0.25) is 0 Å². The molecule has 0 unspecified atom stereocenters. The van der Waals surface area contributed by atoms with Crippen LogP contribution in [0.4, 0.5) is 5.69 Å². The standard InChI is InChI=1S/C16H12N2O/c17-13-5-1-3-11(9-13)16(19)15-6-2-4-12-10-18-8-7-14(12)15/h1-10H,17H2. The topological polar surface area (TPSA) is 56.0 Å².